The van der Waals surface area contributed by atoms with Gasteiger partial charge in [0.1, 0.15) is 0 Å². The van der Waals surface area contributed by atoms with Gasteiger partial charge in [0, 0.05) is 26.2 Å². The standard InChI is InChI=1S/C14H28N2O/c1-13(2)3-9-17-10-8-16-7-5-14(12-16)4-6-15-11-14/h13,15H,3-12H2,1-2H3. The lowest BCUT2D eigenvalue weighted by atomic mass is 9.87. The number of rotatable bonds is 6. The maximum Gasteiger partial charge on any atom is 0.0593 e. The lowest BCUT2D eigenvalue weighted by molar-refractivity contribution is 0.0996. The summed E-state index contributed by atoms with van der Waals surface area (Å²) in [6.07, 6.45) is 3.94. The molecule has 2 aliphatic heterocycles. The van der Waals surface area contributed by atoms with Crippen LogP contribution in [0.25, 0.3) is 0 Å². The molecule has 2 heterocycles. The minimum Gasteiger partial charge on any atom is -0.380 e. The molecule has 1 atom stereocenters. The van der Waals surface area contributed by atoms with E-state index in [1.807, 2.05) is 0 Å². The molecule has 2 saturated heterocycles. The van der Waals surface area contributed by atoms with Crippen LogP contribution in [0.4, 0.5) is 0 Å². The molecule has 1 N–H and O–H groups in total. The van der Waals surface area contributed by atoms with Crippen molar-refractivity contribution in [2.24, 2.45) is 11.3 Å². The third kappa shape index (κ3) is 3.94. The van der Waals surface area contributed by atoms with Gasteiger partial charge < -0.3 is 15.0 Å². The maximum absolute atomic E-state index is 5.70. The van der Waals surface area contributed by atoms with E-state index in [-0.39, 0.29) is 0 Å². The molecule has 0 radical (unpaired) electrons. The van der Waals surface area contributed by atoms with Crippen LogP contribution in [-0.2, 0) is 4.74 Å². The summed E-state index contributed by atoms with van der Waals surface area (Å²) in [5, 5.41) is 3.51. The fourth-order valence-electron chi connectivity index (χ4n) is 2.98. The summed E-state index contributed by atoms with van der Waals surface area (Å²) in [7, 11) is 0. The highest BCUT2D eigenvalue weighted by atomic mass is 16.5. The molecule has 2 rings (SSSR count). The quantitative estimate of drug-likeness (QED) is 0.716. The van der Waals surface area contributed by atoms with Crippen LogP contribution < -0.4 is 5.32 Å². The molecule has 2 fully saturated rings. The average molecular weight is 240 g/mol. The lowest BCUT2D eigenvalue weighted by Gasteiger charge is -2.22. The van der Waals surface area contributed by atoms with E-state index in [1.165, 1.54) is 45.4 Å². The molecule has 0 aliphatic carbocycles. The molecule has 1 spiro atoms. The predicted octanol–water partition coefficient (Wildman–Crippen LogP) is 1.73. The van der Waals surface area contributed by atoms with Crippen molar-refractivity contribution in [2.45, 2.75) is 33.1 Å². The van der Waals surface area contributed by atoms with E-state index >= 15 is 0 Å². The zero-order valence-corrected chi connectivity index (χ0v) is 11.5. The molecule has 100 valence electrons. The van der Waals surface area contributed by atoms with E-state index in [4.69, 9.17) is 4.74 Å². The summed E-state index contributed by atoms with van der Waals surface area (Å²) in [5.74, 6) is 0.759. The molecule has 0 aromatic carbocycles. The normalized spacial score (nSPS) is 29.8. The van der Waals surface area contributed by atoms with Gasteiger partial charge in [-0.15, -0.1) is 0 Å². The first-order chi connectivity index (χ1) is 8.20. The average Bonchev–Trinajstić information content (AvgIpc) is 2.89. The second-order valence-corrected chi connectivity index (χ2v) is 6.25. The Labute approximate surface area is 106 Å². The first-order valence-electron chi connectivity index (χ1n) is 7.21. The molecule has 0 saturated carbocycles. The SMILES string of the molecule is CC(C)CCOCCN1CCC2(CCNC2)C1. The van der Waals surface area contributed by atoms with Gasteiger partial charge in [-0.2, -0.15) is 0 Å². The van der Waals surface area contributed by atoms with E-state index in [9.17, 15) is 0 Å². The Balaban J connectivity index is 1.55. The van der Waals surface area contributed by atoms with Gasteiger partial charge in [0.2, 0.25) is 0 Å². The van der Waals surface area contributed by atoms with E-state index in [0.717, 1.165) is 25.7 Å². The van der Waals surface area contributed by atoms with Crippen molar-refractivity contribution in [2.75, 3.05) is 45.9 Å². The number of hydrogen-bond acceptors (Lipinski definition) is 3. The highest BCUT2D eigenvalue weighted by Gasteiger charge is 2.39. The van der Waals surface area contributed by atoms with Crippen molar-refractivity contribution in [3.05, 3.63) is 0 Å². The summed E-state index contributed by atoms with van der Waals surface area (Å²) in [6.45, 7) is 12.5. The first kappa shape index (κ1) is 13.3. The monoisotopic (exact) mass is 240 g/mol. The second-order valence-electron chi connectivity index (χ2n) is 6.25. The Morgan fingerprint density at radius 1 is 1.29 bits per heavy atom. The van der Waals surface area contributed by atoms with Gasteiger partial charge in [0.25, 0.3) is 0 Å². The van der Waals surface area contributed by atoms with Crippen LogP contribution in [0.1, 0.15) is 33.1 Å². The summed E-state index contributed by atoms with van der Waals surface area (Å²) >= 11 is 0. The highest BCUT2D eigenvalue weighted by molar-refractivity contribution is 4.95. The van der Waals surface area contributed by atoms with Crippen LogP contribution in [0.2, 0.25) is 0 Å². The van der Waals surface area contributed by atoms with Crippen molar-refractivity contribution in [1.82, 2.24) is 10.2 Å². The van der Waals surface area contributed by atoms with Gasteiger partial charge in [0.15, 0.2) is 0 Å². The van der Waals surface area contributed by atoms with Crippen LogP contribution in [0.3, 0.4) is 0 Å². The van der Waals surface area contributed by atoms with Gasteiger partial charge >= 0.3 is 0 Å². The molecule has 3 nitrogen and oxygen atoms in total. The topological polar surface area (TPSA) is 24.5 Å². The highest BCUT2D eigenvalue weighted by Crippen LogP contribution is 2.35. The van der Waals surface area contributed by atoms with Crippen molar-refractivity contribution >= 4 is 0 Å². The van der Waals surface area contributed by atoms with Crippen molar-refractivity contribution in [3.63, 3.8) is 0 Å². The zero-order chi connectivity index (χ0) is 12.1. The largest absolute Gasteiger partial charge is 0.380 e. The first-order valence-corrected chi connectivity index (χ1v) is 7.21. The van der Waals surface area contributed by atoms with Crippen LogP contribution >= 0.6 is 0 Å². The number of nitrogens with one attached hydrogen (secondary N) is 1. The Morgan fingerprint density at radius 2 is 2.18 bits per heavy atom. The summed E-state index contributed by atoms with van der Waals surface area (Å²) < 4.78 is 5.70. The molecule has 0 bridgehead atoms. The molecular formula is C14H28N2O. The van der Waals surface area contributed by atoms with Crippen molar-refractivity contribution in [1.29, 1.82) is 0 Å². The van der Waals surface area contributed by atoms with Crippen LogP contribution in [0.5, 0.6) is 0 Å². The number of nitrogens with zero attached hydrogens (tertiary/aromatic N) is 1. The van der Waals surface area contributed by atoms with Crippen LogP contribution in [-0.4, -0.2) is 50.8 Å². The third-order valence-corrected chi connectivity index (χ3v) is 4.24. The Kier molecular flexibility index (Phi) is 4.83. The van der Waals surface area contributed by atoms with Gasteiger partial charge in [-0.1, -0.05) is 13.8 Å². The van der Waals surface area contributed by atoms with Gasteiger partial charge in [-0.05, 0) is 43.7 Å². The summed E-state index contributed by atoms with van der Waals surface area (Å²) in [5.41, 5.74) is 0.609. The zero-order valence-electron chi connectivity index (χ0n) is 11.5. The minimum absolute atomic E-state index is 0.609. The number of likely N-dealkylation sites (tertiary alicyclic amines) is 1. The van der Waals surface area contributed by atoms with E-state index in [2.05, 4.69) is 24.1 Å². The molecule has 0 aromatic heterocycles. The molecule has 3 heteroatoms. The van der Waals surface area contributed by atoms with E-state index in [0.29, 0.717) is 5.41 Å². The molecule has 2 aliphatic rings. The summed E-state index contributed by atoms with van der Waals surface area (Å²) in [6, 6.07) is 0. The number of hydrogen-bond donors (Lipinski definition) is 1. The summed E-state index contributed by atoms with van der Waals surface area (Å²) in [4.78, 5) is 2.59. The van der Waals surface area contributed by atoms with Crippen LogP contribution in [0.15, 0.2) is 0 Å². The minimum atomic E-state index is 0.609. The molecule has 0 aromatic rings. The van der Waals surface area contributed by atoms with E-state index < -0.39 is 0 Å². The maximum atomic E-state index is 5.70. The van der Waals surface area contributed by atoms with Gasteiger partial charge in [0.05, 0.1) is 6.61 Å². The Bertz CT molecular complexity index is 224. The van der Waals surface area contributed by atoms with Crippen molar-refractivity contribution < 1.29 is 4.74 Å². The van der Waals surface area contributed by atoms with Crippen molar-refractivity contribution in [3.8, 4) is 0 Å². The smallest absolute Gasteiger partial charge is 0.0593 e. The van der Waals surface area contributed by atoms with E-state index in [1.54, 1.807) is 0 Å². The lowest BCUT2D eigenvalue weighted by Crippen LogP contribution is -2.31. The Hall–Kier alpha value is -0.120. The predicted molar refractivity (Wildman–Crippen MR) is 71.3 cm³/mol. The Morgan fingerprint density at radius 3 is 2.88 bits per heavy atom. The fourth-order valence-corrected chi connectivity index (χ4v) is 2.98. The fraction of sp³-hybridized carbons (Fsp3) is 1.00. The molecule has 17 heavy (non-hydrogen) atoms. The second kappa shape index (κ2) is 6.17. The van der Waals surface area contributed by atoms with Crippen LogP contribution in [0, 0.1) is 11.3 Å². The number of ether oxygens (including phenoxy) is 1. The molecular weight excluding hydrogens is 212 g/mol. The molecule has 1 unspecified atom stereocenters. The van der Waals surface area contributed by atoms with Gasteiger partial charge in [-0.25, -0.2) is 0 Å². The third-order valence-electron chi connectivity index (χ3n) is 4.24. The van der Waals surface area contributed by atoms with Gasteiger partial charge in [-0.3, -0.25) is 0 Å². The molecule has 0 amide bonds.